The Balaban J connectivity index is 2.01. The standard InChI is InChI=1S/C13H17N3O/c1-8-5-6-11(17-8)13-15-10-4-2-3-9(7-14)12(10)16-13/h2-4,8,11H,5-7,14H2,1H3,(H,15,16). The molecule has 2 aromatic rings. The number of ether oxygens (including phenoxy) is 1. The van der Waals surface area contributed by atoms with Crippen LogP contribution >= 0.6 is 0 Å². The van der Waals surface area contributed by atoms with Crippen LogP contribution in [0.4, 0.5) is 0 Å². The summed E-state index contributed by atoms with van der Waals surface area (Å²) < 4.78 is 5.83. The van der Waals surface area contributed by atoms with Crippen LogP contribution in [0.1, 0.15) is 37.3 Å². The largest absolute Gasteiger partial charge is 0.367 e. The first-order valence-corrected chi connectivity index (χ1v) is 6.11. The minimum atomic E-state index is 0.114. The second-order valence-electron chi connectivity index (χ2n) is 4.65. The Hall–Kier alpha value is -1.39. The van der Waals surface area contributed by atoms with Crippen LogP contribution in [0.15, 0.2) is 18.2 Å². The maximum atomic E-state index is 5.83. The predicted octanol–water partition coefficient (Wildman–Crippen LogP) is 2.26. The molecule has 0 bridgehead atoms. The summed E-state index contributed by atoms with van der Waals surface area (Å²) in [4.78, 5) is 7.98. The van der Waals surface area contributed by atoms with Crippen molar-refractivity contribution in [3.8, 4) is 0 Å². The predicted molar refractivity (Wildman–Crippen MR) is 66.5 cm³/mol. The van der Waals surface area contributed by atoms with Gasteiger partial charge in [-0.1, -0.05) is 12.1 Å². The third-order valence-corrected chi connectivity index (χ3v) is 3.37. The fourth-order valence-electron chi connectivity index (χ4n) is 2.43. The number of H-pyrrole nitrogens is 1. The van der Waals surface area contributed by atoms with Gasteiger partial charge in [0, 0.05) is 6.54 Å². The summed E-state index contributed by atoms with van der Waals surface area (Å²) in [7, 11) is 0. The highest BCUT2D eigenvalue weighted by molar-refractivity contribution is 5.78. The number of fused-ring (bicyclic) bond motifs is 1. The van der Waals surface area contributed by atoms with E-state index in [-0.39, 0.29) is 6.10 Å². The molecule has 1 aliphatic rings. The average Bonchev–Trinajstić information content (AvgIpc) is 2.93. The zero-order valence-corrected chi connectivity index (χ0v) is 9.94. The number of hydrogen-bond donors (Lipinski definition) is 2. The summed E-state index contributed by atoms with van der Waals surface area (Å²) in [6, 6.07) is 6.05. The molecule has 17 heavy (non-hydrogen) atoms. The topological polar surface area (TPSA) is 63.9 Å². The van der Waals surface area contributed by atoms with Gasteiger partial charge in [0.05, 0.1) is 17.1 Å². The summed E-state index contributed by atoms with van der Waals surface area (Å²) in [6.45, 7) is 2.62. The van der Waals surface area contributed by atoms with Crippen molar-refractivity contribution in [3.63, 3.8) is 0 Å². The van der Waals surface area contributed by atoms with Crippen molar-refractivity contribution in [3.05, 3.63) is 29.6 Å². The van der Waals surface area contributed by atoms with E-state index in [1.807, 2.05) is 18.2 Å². The molecule has 0 spiro atoms. The summed E-state index contributed by atoms with van der Waals surface area (Å²) in [5.41, 5.74) is 8.82. The smallest absolute Gasteiger partial charge is 0.136 e. The van der Waals surface area contributed by atoms with E-state index in [4.69, 9.17) is 10.5 Å². The van der Waals surface area contributed by atoms with Crippen molar-refractivity contribution in [1.82, 2.24) is 9.97 Å². The first kappa shape index (κ1) is 10.7. The molecule has 1 aromatic heterocycles. The van der Waals surface area contributed by atoms with E-state index >= 15 is 0 Å². The van der Waals surface area contributed by atoms with Crippen LogP contribution in [-0.4, -0.2) is 16.1 Å². The molecule has 1 fully saturated rings. The molecule has 90 valence electrons. The Morgan fingerprint density at radius 3 is 3.06 bits per heavy atom. The van der Waals surface area contributed by atoms with Gasteiger partial charge in [0.1, 0.15) is 11.9 Å². The van der Waals surface area contributed by atoms with Gasteiger partial charge >= 0.3 is 0 Å². The Morgan fingerprint density at radius 1 is 1.47 bits per heavy atom. The lowest BCUT2D eigenvalue weighted by Gasteiger charge is -2.06. The molecule has 2 atom stereocenters. The molecule has 4 nitrogen and oxygen atoms in total. The minimum absolute atomic E-state index is 0.114. The SMILES string of the molecule is CC1CCC(c2nc3c(CN)cccc3[nH]2)O1. The normalized spacial score (nSPS) is 24.6. The molecule has 2 heterocycles. The van der Waals surface area contributed by atoms with E-state index in [9.17, 15) is 0 Å². The van der Waals surface area contributed by atoms with Gasteiger partial charge in [-0.25, -0.2) is 4.98 Å². The second-order valence-corrected chi connectivity index (χ2v) is 4.65. The number of rotatable bonds is 2. The number of aromatic amines is 1. The third kappa shape index (κ3) is 1.83. The molecule has 1 aromatic carbocycles. The highest BCUT2D eigenvalue weighted by Crippen LogP contribution is 2.32. The zero-order valence-electron chi connectivity index (χ0n) is 9.94. The van der Waals surface area contributed by atoms with E-state index in [0.717, 1.165) is 35.3 Å². The Bertz CT molecular complexity index is 534. The number of nitrogens with two attached hydrogens (primary N) is 1. The summed E-state index contributed by atoms with van der Waals surface area (Å²) in [6.07, 6.45) is 2.59. The first-order valence-electron chi connectivity index (χ1n) is 6.11. The van der Waals surface area contributed by atoms with Gasteiger partial charge in [-0.3, -0.25) is 0 Å². The van der Waals surface area contributed by atoms with Crippen LogP contribution in [0.5, 0.6) is 0 Å². The van der Waals surface area contributed by atoms with E-state index < -0.39 is 0 Å². The fraction of sp³-hybridized carbons (Fsp3) is 0.462. The summed E-state index contributed by atoms with van der Waals surface area (Å²) in [5.74, 6) is 0.935. The van der Waals surface area contributed by atoms with Crippen LogP contribution in [0.25, 0.3) is 11.0 Å². The molecule has 2 unspecified atom stereocenters. The second kappa shape index (κ2) is 4.13. The first-order chi connectivity index (χ1) is 8.28. The quantitative estimate of drug-likeness (QED) is 0.833. The van der Waals surface area contributed by atoms with Crippen LogP contribution in [0, 0.1) is 0 Å². The number of benzene rings is 1. The van der Waals surface area contributed by atoms with Crippen LogP contribution < -0.4 is 5.73 Å². The van der Waals surface area contributed by atoms with Crippen molar-refractivity contribution >= 4 is 11.0 Å². The molecule has 4 heteroatoms. The molecule has 0 amide bonds. The Morgan fingerprint density at radius 2 is 2.35 bits per heavy atom. The van der Waals surface area contributed by atoms with Gasteiger partial charge in [-0.2, -0.15) is 0 Å². The number of imidazole rings is 1. The lowest BCUT2D eigenvalue weighted by Crippen LogP contribution is -2.02. The van der Waals surface area contributed by atoms with Crippen LogP contribution in [0.2, 0.25) is 0 Å². The molecule has 0 saturated carbocycles. The van der Waals surface area contributed by atoms with Gasteiger partial charge in [0.25, 0.3) is 0 Å². The number of nitrogens with one attached hydrogen (secondary N) is 1. The fourth-order valence-corrected chi connectivity index (χ4v) is 2.43. The van der Waals surface area contributed by atoms with Crippen LogP contribution in [0.3, 0.4) is 0 Å². The molecule has 3 N–H and O–H groups in total. The number of nitrogens with zero attached hydrogens (tertiary/aromatic N) is 1. The summed E-state index contributed by atoms with van der Waals surface area (Å²) >= 11 is 0. The van der Waals surface area contributed by atoms with Crippen molar-refractivity contribution in [2.75, 3.05) is 0 Å². The van der Waals surface area contributed by atoms with Gasteiger partial charge in [0.15, 0.2) is 0 Å². The van der Waals surface area contributed by atoms with E-state index in [1.165, 1.54) is 0 Å². The maximum Gasteiger partial charge on any atom is 0.136 e. The Kier molecular flexibility index (Phi) is 2.61. The van der Waals surface area contributed by atoms with Gasteiger partial charge in [0.2, 0.25) is 0 Å². The molecule has 0 radical (unpaired) electrons. The number of aromatic nitrogens is 2. The summed E-state index contributed by atoms with van der Waals surface area (Å²) in [5, 5.41) is 0. The number of para-hydroxylation sites is 1. The number of hydrogen-bond acceptors (Lipinski definition) is 3. The highest BCUT2D eigenvalue weighted by atomic mass is 16.5. The minimum Gasteiger partial charge on any atom is -0.367 e. The average molecular weight is 231 g/mol. The molecular weight excluding hydrogens is 214 g/mol. The van der Waals surface area contributed by atoms with Gasteiger partial charge < -0.3 is 15.5 Å². The van der Waals surface area contributed by atoms with Crippen molar-refractivity contribution in [2.45, 2.75) is 38.5 Å². The molecule has 0 aliphatic carbocycles. The highest BCUT2D eigenvalue weighted by Gasteiger charge is 2.26. The lowest BCUT2D eigenvalue weighted by atomic mass is 10.2. The van der Waals surface area contributed by atoms with Crippen molar-refractivity contribution < 1.29 is 4.74 Å². The molecule has 1 aliphatic heterocycles. The van der Waals surface area contributed by atoms with Crippen LogP contribution in [-0.2, 0) is 11.3 Å². The molecular formula is C13H17N3O. The van der Waals surface area contributed by atoms with Crippen molar-refractivity contribution in [1.29, 1.82) is 0 Å². The van der Waals surface area contributed by atoms with Gasteiger partial charge in [-0.05, 0) is 31.4 Å². The van der Waals surface area contributed by atoms with Gasteiger partial charge in [-0.15, -0.1) is 0 Å². The monoisotopic (exact) mass is 231 g/mol. The molecule has 1 saturated heterocycles. The van der Waals surface area contributed by atoms with E-state index in [2.05, 4.69) is 16.9 Å². The lowest BCUT2D eigenvalue weighted by molar-refractivity contribution is 0.0510. The zero-order chi connectivity index (χ0) is 11.8. The maximum absolute atomic E-state index is 5.83. The molecule has 3 rings (SSSR count). The van der Waals surface area contributed by atoms with E-state index in [0.29, 0.717) is 12.6 Å². The third-order valence-electron chi connectivity index (χ3n) is 3.37. The Labute approximate surface area is 100 Å². The van der Waals surface area contributed by atoms with E-state index in [1.54, 1.807) is 0 Å². The van der Waals surface area contributed by atoms with Crippen molar-refractivity contribution in [2.24, 2.45) is 5.73 Å².